The minimum absolute atomic E-state index is 0.0201. The molecule has 4 aliphatic rings. The molecule has 7 nitrogen and oxygen atoms in total. The molecule has 0 saturated heterocycles. The third-order valence-electron chi connectivity index (χ3n) is 6.15. The molecule has 0 amide bonds. The molecule has 2 aromatic heterocycles. The Morgan fingerprint density at radius 3 is 2.57 bits per heavy atom. The van der Waals surface area contributed by atoms with Gasteiger partial charge in [-0.2, -0.15) is 4.98 Å². The first-order chi connectivity index (χ1) is 10.9. The van der Waals surface area contributed by atoms with Crippen molar-refractivity contribution in [3.8, 4) is 0 Å². The number of aromatic amines is 1. The first-order valence-corrected chi connectivity index (χ1v) is 8.37. The molecule has 2 heterocycles. The molecule has 4 bridgehead atoms. The number of rotatable bonds is 2. The number of nitrogens with zero attached hydrogens (tertiary/aromatic N) is 3. The van der Waals surface area contributed by atoms with Gasteiger partial charge in [0, 0.05) is 5.54 Å². The van der Waals surface area contributed by atoms with E-state index < -0.39 is 0 Å². The Kier molecular flexibility index (Phi) is 2.31. The molecular formula is C16H21N5O2. The van der Waals surface area contributed by atoms with E-state index >= 15 is 0 Å². The van der Waals surface area contributed by atoms with Crippen molar-refractivity contribution in [1.82, 2.24) is 20.3 Å². The topological polar surface area (TPSA) is 96.7 Å². The molecule has 2 N–H and O–H groups in total. The summed E-state index contributed by atoms with van der Waals surface area (Å²) in [5.74, 6) is 1.10. The standard InChI is InChI=1S/C16H21N5O2/c1-14-3-9-4-15(2,6-14)8-16(5-9,7-14)19-12-13(22)18-11-10(17-12)20-23-21-11/h9H,3-8H2,1-2H3,(H,17,19,20)(H,18,21,22)/t9?,14-,15+,16?. The molecule has 23 heavy (non-hydrogen) atoms. The Morgan fingerprint density at radius 1 is 1.13 bits per heavy atom. The minimum Gasteiger partial charge on any atom is -0.360 e. The summed E-state index contributed by atoms with van der Waals surface area (Å²) in [7, 11) is 0. The average Bonchev–Trinajstić information content (AvgIpc) is 2.81. The van der Waals surface area contributed by atoms with Gasteiger partial charge in [-0.15, -0.1) is 0 Å². The lowest BCUT2D eigenvalue weighted by atomic mass is 9.43. The Balaban J connectivity index is 1.56. The van der Waals surface area contributed by atoms with E-state index in [1.807, 2.05) is 0 Å². The van der Waals surface area contributed by atoms with E-state index in [-0.39, 0.29) is 11.1 Å². The van der Waals surface area contributed by atoms with Crippen molar-refractivity contribution in [3.63, 3.8) is 0 Å². The second kappa shape index (κ2) is 3.94. The monoisotopic (exact) mass is 315 g/mol. The molecule has 0 spiro atoms. The van der Waals surface area contributed by atoms with Gasteiger partial charge >= 0.3 is 0 Å². The number of H-pyrrole nitrogens is 1. The average molecular weight is 315 g/mol. The fourth-order valence-electron chi connectivity index (χ4n) is 6.58. The maximum atomic E-state index is 12.3. The number of aromatic nitrogens is 4. The van der Waals surface area contributed by atoms with E-state index in [0.29, 0.717) is 27.9 Å². The third kappa shape index (κ3) is 1.95. The quantitative estimate of drug-likeness (QED) is 0.883. The summed E-state index contributed by atoms with van der Waals surface area (Å²) in [5.41, 5.74) is 1.13. The van der Waals surface area contributed by atoms with Gasteiger partial charge in [0.25, 0.3) is 5.56 Å². The Labute approximate surface area is 133 Å². The van der Waals surface area contributed by atoms with Crippen LogP contribution in [0, 0.1) is 16.7 Å². The van der Waals surface area contributed by atoms with Crippen LogP contribution in [0.4, 0.5) is 5.82 Å². The molecule has 6 rings (SSSR count). The lowest BCUT2D eigenvalue weighted by molar-refractivity contribution is -0.0974. The zero-order valence-electron chi connectivity index (χ0n) is 13.5. The molecule has 4 saturated carbocycles. The van der Waals surface area contributed by atoms with E-state index in [4.69, 9.17) is 0 Å². The molecule has 7 heteroatoms. The molecule has 0 aliphatic heterocycles. The summed E-state index contributed by atoms with van der Waals surface area (Å²) in [6.45, 7) is 4.82. The Morgan fingerprint density at radius 2 is 1.87 bits per heavy atom. The van der Waals surface area contributed by atoms with Crippen molar-refractivity contribution in [2.45, 2.75) is 57.9 Å². The number of hydrogen-bond acceptors (Lipinski definition) is 6. The third-order valence-corrected chi connectivity index (χ3v) is 6.15. The van der Waals surface area contributed by atoms with Gasteiger partial charge in [-0.05, 0) is 65.6 Å². The highest BCUT2D eigenvalue weighted by Gasteiger charge is 2.60. The molecule has 2 aromatic rings. The van der Waals surface area contributed by atoms with Gasteiger partial charge in [-0.3, -0.25) is 9.78 Å². The maximum absolute atomic E-state index is 12.3. The predicted molar refractivity (Wildman–Crippen MR) is 84.0 cm³/mol. The summed E-state index contributed by atoms with van der Waals surface area (Å²) in [6.07, 6.45) is 7.30. The van der Waals surface area contributed by atoms with Gasteiger partial charge in [0.05, 0.1) is 0 Å². The van der Waals surface area contributed by atoms with E-state index in [9.17, 15) is 4.79 Å². The van der Waals surface area contributed by atoms with Crippen molar-refractivity contribution in [1.29, 1.82) is 0 Å². The highest BCUT2D eigenvalue weighted by atomic mass is 16.6. The van der Waals surface area contributed by atoms with E-state index in [1.165, 1.54) is 19.3 Å². The van der Waals surface area contributed by atoms with Crippen LogP contribution < -0.4 is 10.9 Å². The lowest BCUT2D eigenvalue weighted by Crippen LogP contribution is -2.62. The van der Waals surface area contributed by atoms with Crippen molar-refractivity contribution >= 4 is 17.1 Å². The SMILES string of the molecule is C[C@]12CC3CC(Nc4nc5nonc5[nH]c4=O)(C1)C[C@@](C)(C3)C2. The second-order valence-electron chi connectivity index (χ2n) is 8.89. The lowest BCUT2D eigenvalue weighted by Gasteiger charge is -2.65. The fourth-order valence-corrected chi connectivity index (χ4v) is 6.58. The van der Waals surface area contributed by atoms with Crippen LogP contribution in [0.3, 0.4) is 0 Å². The van der Waals surface area contributed by atoms with Crippen LogP contribution in [-0.4, -0.2) is 25.8 Å². The van der Waals surface area contributed by atoms with E-state index in [0.717, 1.165) is 25.2 Å². The maximum Gasteiger partial charge on any atom is 0.292 e. The van der Waals surface area contributed by atoms with Crippen molar-refractivity contribution < 1.29 is 4.63 Å². The van der Waals surface area contributed by atoms with Crippen molar-refractivity contribution in [2.24, 2.45) is 16.7 Å². The van der Waals surface area contributed by atoms with Crippen LogP contribution in [0.2, 0.25) is 0 Å². The van der Waals surface area contributed by atoms with E-state index in [1.54, 1.807) is 0 Å². The minimum atomic E-state index is -0.251. The zero-order valence-corrected chi connectivity index (χ0v) is 13.5. The first-order valence-electron chi connectivity index (χ1n) is 8.37. The smallest absolute Gasteiger partial charge is 0.292 e. The molecular weight excluding hydrogens is 294 g/mol. The highest BCUT2D eigenvalue weighted by molar-refractivity contribution is 5.65. The van der Waals surface area contributed by atoms with Crippen LogP contribution in [0.5, 0.6) is 0 Å². The number of anilines is 1. The molecule has 0 aromatic carbocycles. The molecule has 4 aliphatic carbocycles. The van der Waals surface area contributed by atoms with Gasteiger partial charge in [-0.1, -0.05) is 13.8 Å². The van der Waals surface area contributed by atoms with Gasteiger partial charge < -0.3 is 5.32 Å². The summed E-state index contributed by atoms with van der Waals surface area (Å²) < 4.78 is 4.64. The fraction of sp³-hybridized carbons (Fsp3) is 0.750. The summed E-state index contributed by atoms with van der Waals surface area (Å²) >= 11 is 0. The van der Waals surface area contributed by atoms with Crippen LogP contribution in [0.25, 0.3) is 11.3 Å². The largest absolute Gasteiger partial charge is 0.360 e. The van der Waals surface area contributed by atoms with Gasteiger partial charge in [0.1, 0.15) is 0 Å². The summed E-state index contributed by atoms with van der Waals surface area (Å²) in [5, 5.41) is 10.9. The van der Waals surface area contributed by atoms with Gasteiger partial charge in [0.15, 0.2) is 5.82 Å². The van der Waals surface area contributed by atoms with Crippen LogP contribution in [0.15, 0.2) is 9.42 Å². The molecule has 122 valence electrons. The van der Waals surface area contributed by atoms with E-state index in [2.05, 4.69) is 44.1 Å². The number of hydrogen-bond donors (Lipinski definition) is 2. The first kappa shape index (κ1) is 13.5. The Hall–Kier alpha value is -1.92. The van der Waals surface area contributed by atoms with Gasteiger partial charge in [-0.25, -0.2) is 4.63 Å². The summed E-state index contributed by atoms with van der Waals surface area (Å²) in [4.78, 5) is 19.4. The molecule has 4 fully saturated rings. The predicted octanol–water partition coefficient (Wildman–Crippen LogP) is 2.47. The number of nitrogens with one attached hydrogen (secondary N) is 2. The van der Waals surface area contributed by atoms with Gasteiger partial charge in [0.2, 0.25) is 11.3 Å². The van der Waals surface area contributed by atoms with Crippen LogP contribution in [-0.2, 0) is 0 Å². The normalized spacial score (nSPS) is 41.6. The zero-order chi connectivity index (χ0) is 15.9. The molecule has 2 unspecified atom stereocenters. The molecule has 0 radical (unpaired) electrons. The highest BCUT2D eigenvalue weighted by Crippen LogP contribution is 2.66. The Bertz CT molecular complexity index is 838. The number of fused-ring (bicyclic) bond motifs is 1. The van der Waals surface area contributed by atoms with Crippen LogP contribution in [0.1, 0.15) is 52.4 Å². The summed E-state index contributed by atoms with van der Waals surface area (Å²) in [6, 6.07) is 0. The van der Waals surface area contributed by atoms with Crippen molar-refractivity contribution in [3.05, 3.63) is 10.4 Å². The van der Waals surface area contributed by atoms with Crippen LogP contribution >= 0.6 is 0 Å². The molecule has 4 atom stereocenters. The second-order valence-corrected chi connectivity index (χ2v) is 8.89. The van der Waals surface area contributed by atoms with Crippen molar-refractivity contribution in [2.75, 3.05) is 5.32 Å².